The smallest absolute Gasteiger partial charge is 0.257 e. The van der Waals surface area contributed by atoms with Crippen molar-refractivity contribution in [3.8, 4) is 0 Å². The van der Waals surface area contributed by atoms with Gasteiger partial charge in [0.25, 0.3) is 5.91 Å². The summed E-state index contributed by atoms with van der Waals surface area (Å²) in [4.78, 5) is 28.2. The summed E-state index contributed by atoms with van der Waals surface area (Å²) in [5.74, 6) is -0.649. The van der Waals surface area contributed by atoms with Crippen LogP contribution in [-0.4, -0.2) is 48.0 Å². The fourth-order valence-electron chi connectivity index (χ4n) is 3.21. The van der Waals surface area contributed by atoms with Gasteiger partial charge in [-0.05, 0) is 48.6 Å². The lowest BCUT2D eigenvalue weighted by Crippen LogP contribution is -2.48. The molecule has 1 aliphatic heterocycles. The van der Waals surface area contributed by atoms with E-state index in [0.29, 0.717) is 25.1 Å². The molecule has 0 atom stereocenters. The van der Waals surface area contributed by atoms with Crippen LogP contribution in [0.3, 0.4) is 0 Å². The minimum absolute atomic E-state index is 0.159. The second kappa shape index (κ2) is 9.47. The van der Waals surface area contributed by atoms with Crippen LogP contribution < -0.4 is 15.5 Å². The van der Waals surface area contributed by atoms with Gasteiger partial charge >= 0.3 is 0 Å². The predicted molar refractivity (Wildman–Crippen MR) is 116 cm³/mol. The van der Waals surface area contributed by atoms with Crippen LogP contribution in [-0.2, 0) is 4.79 Å². The Hall–Kier alpha value is -3.00. The third-order valence-corrected chi connectivity index (χ3v) is 4.97. The maximum atomic E-state index is 13.0. The van der Waals surface area contributed by atoms with Crippen LogP contribution in [0.15, 0.2) is 48.5 Å². The Kier molecular flexibility index (Phi) is 6.77. The number of thiocarbonyl (C=S) groups is 1. The Bertz CT molecular complexity index is 896. The van der Waals surface area contributed by atoms with Gasteiger partial charge in [-0.15, -0.1) is 0 Å². The fourth-order valence-corrected chi connectivity index (χ4v) is 3.41. The maximum absolute atomic E-state index is 13.0. The molecule has 29 heavy (non-hydrogen) atoms. The lowest BCUT2D eigenvalue weighted by molar-refractivity contribution is -0.131. The Morgan fingerprint density at radius 1 is 1.03 bits per heavy atom. The molecule has 8 heteroatoms. The minimum atomic E-state index is -0.410. The number of halogens is 1. The van der Waals surface area contributed by atoms with Gasteiger partial charge in [0, 0.05) is 38.2 Å². The number of hydrogen-bond acceptors (Lipinski definition) is 4. The van der Waals surface area contributed by atoms with Gasteiger partial charge in [0.2, 0.25) is 5.91 Å². The van der Waals surface area contributed by atoms with Crippen LogP contribution in [0.4, 0.5) is 15.8 Å². The zero-order valence-electron chi connectivity index (χ0n) is 16.2. The normalized spacial score (nSPS) is 13.7. The molecule has 0 aromatic heterocycles. The van der Waals surface area contributed by atoms with E-state index in [0.717, 1.165) is 24.5 Å². The number of amides is 2. The molecule has 0 aliphatic carbocycles. The number of carbonyl (C=O) groups excluding carboxylic acids is 2. The maximum Gasteiger partial charge on any atom is 0.257 e. The van der Waals surface area contributed by atoms with Gasteiger partial charge in [-0.1, -0.05) is 19.1 Å². The van der Waals surface area contributed by atoms with Gasteiger partial charge in [0.15, 0.2) is 5.11 Å². The van der Waals surface area contributed by atoms with E-state index in [4.69, 9.17) is 12.2 Å². The standard InChI is InChI=1S/C21H23FN4O2S/c1-2-19(27)26-13-11-25(12-14-26)18-6-4-3-5-17(18)23-21(29)24-20(28)15-7-9-16(22)10-8-15/h3-10H,2,11-14H2,1H3,(H2,23,24,28,29). The summed E-state index contributed by atoms with van der Waals surface area (Å²) in [6.45, 7) is 4.66. The average molecular weight is 415 g/mol. The van der Waals surface area contributed by atoms with Gasteiger partial charge in [0.05, 0.1) is 11.4 Å². The van der Waals surface area contributed by atoms with Crippen LogP contribution in [0, 0.1) is 5.82 Å². The molecule has 2 aromatic rings. The van der Waals surface area contributed by atoms with E-state index in [-0.39, 0.29) is 11.0 Å². The van der Waals surface area contributed by atoms with Crippen LogP contribution in [0.2, 0.25) is 0 Å². The summed E-state index contributed by atoms with van der Waals surface area (Å²) in [6.07, 6.45) is 0.514. The first-order chi connectivity index (χ1) is 14.0. The molecule has 2 N–H and O–H groups in total. The van der Waals surface area contributed by atoms with Crippen molar-refractivity contribution in [3.63, 3.8) is 0 Å². The van der Waals surface area contributed by atoms with E-state index in [1.807, 2.05) is 36.1 Å². The molecule has 2 aromatic carbocycles. The number of benzene rings is 2. The highest BCUT2D eigenvalue weighted by atomic mass is 32.1. The molecule has 0 bridgehead atoms. The summed E-state index contributed by atoms with van der Waals surface area (Å²) in [5.41, 5.74) is 2.04. The molecule has 2 amide bonds. The molecule has 3 rings (SSSR count). The predicted octanol–water partition coefficient (Wildman–Crippen LogP) is 3.01. The molecule has 1 fully saturated rings. The van der Waals surface area contributed by atoms with E-state index in [9.17, 15) is 14.0 Å². The molecule has 0 spiro atoms. The van der Waals surface area contributed by atoms with Crippen molar-refractivity contribution < 1.29 is 14.0 Å². The largest absolute Gasteiger partial charge is 0.366 e. The van der Waals surface area contributed by atoms with Crippen LogP contribution in [0.5, 0.6) is 0 Å². The molecule has 1 aliphatic rings. The van der Waals surface area contributed by atoms with Crippen molar-refractivity contribution in [1.29, 1.82) is 0 Å². The molecule has 1 heterocycles. The highest BCUT2D eigenvalue weighted by Gasteiger charge is 2.22. The van der Waals surface area contributed by atoms with Crippen molar-refractivity contribution in [3.05, 3.63) is 59.9 Å². The van der Waals surface area contributed by atoms with E-state index in [1.165, 1.54) is 24.3 Å². The fraction of sp³-hybridized carbons (Fsp3) is 0.286. The summed E-state index contributed by atoms with van der Waals surface area (Å²) in [5, 5.41) is 5.84. The van der Waals surface area contributed by atoms with E-state index >= 15 is 0 Å². The van der Waals surface area contributed by atoms with Crippen molar-refractivity contribution in [2.45, 2.75) is 13.3 Å². The van der Waals surface area contributed by atoms with Crippen molar-refractivity contribution in [2.24, 2.45) is 0 Å². The summed E-state index contributed by atoms with van der Waals surface area (Å²) in [7, 11) is 0. The lowest BCUT2D eigenvalue weighted by Gasteiger charge is -2.37. The molecule has 6 nitrogen and oxygen atoms in total. The number of anilines is 2. The van der Waals surface area contributed by atoms with Crippen LogP contribution in [0.25, 0.3) is 0 Å². The Morgan fingerprint density at radius 3 is 2.34 bits per heavy atom. The highest BCUT2D eigenvalue weighted by Crippen LogP contribution is 2.26. The van der Waals surface area contributed by atoms with Crippen molar-refractivity contribution in [2.75, 3.05) is 36.4 Å². The SMILES string of the molecule is CCC(=O)N1CCN(c2ccccc2NC(=S)NC(=O)c2ccc(F)cc2)CC1. The first-order valence-corrected chi connectivity index (χ1v) is 9.88. The number of nitrogens with zero attached hydrogens (tertiary/aromatic N) is 2. The quantitative estimate of drug-likeness (QED) is 0.753. The molecule has 0 radical (unpaired) electrons. The number of piperazine rings is 1. The zero-order valence-corrected chi connectivity index (χ0v) is 17.0. The first kappa shape index (κ1) is 20.7. The Morgan fingerprint density at radius 2 is 1.69 bits per heavy atom. The number of carbonyl (C=O) groups is 2. The topological polar surface area (TPSA) is 64.7 Å². The molecule has 0 saturated carbocycles. The minimum Gasteiger partial charge on any atom is -0.366 e. The average Bonchev–Trinajstić information content (AvgIpc) is 2.74. The summed E-state index contributed by atoms with van der Waals surface area (Å²) < 4.78 is 13.0. The van der Waals surface area contributed by atoms with E-state index < -0.39 is 11.7 Å². The monoisotopic (exact) mass is 414 g/mol. The van der Waals surface area contributed by atoms with Gasteiger partial charge in [0.1, 0.15) is 5.82 Å². The van der Waals surface area contributed by atoms with Crippen molar-refractivity contribution >= 4 is 40.5 Å². The number of hydrogen-bond donors (Lipinski definition) is 2. The molecular formula is C21H23FN4O2S. The van der Waals surface area contributed by atoms with E-state index in [2.05, 4.69) is 15.5 Å². The number of rotatable bonds is 4. The molecular weight excluding hydrogens is 391 g/mol. The Labute approximate surface area is 174 Å². The van der Waals surface area contributed by atoms with Gasteiger partial charge in [-0.25, -0.2) is 4.39 Å². The second-order valence-electron chi connectivity index (χ2n) is 6.65. The summed E-state index contributed by atoms with van der Waals surface area (Å²) in [6, 6.07) is 12.9. The molecule has 152 valence electrons. The molecule has 0 unspecified atom stereocenters. The van der Waals surface area contributed by atoms with Crippen LogP contribution >= 0.6 is 12.2 Å². The third-order valence-electron chi connectivity index (χ3n) is 4.76. The summed E-state index contributed by atoms with van der Waals surface area (Å²) >= 11 is 5.28. The van der Waals surface area contributed by atoms with Gasteiger partial charge in [-0.3, -0.25) is 14.9 Å². The Balaban J connectivity index is 1.63. The van der Waals surface area contributed by atoms with Gasteiger partial charge in [-0.2, -0.15) is 0 Å². The molecule has 1 saturated heterocycles. The van der Waals surface area contributed by atoms with E-state index in [1.54, 1.807) is 0 Å². The number of nitrogens with one attached hydrogen (secondary N) is 2. The van der Waals surface area contributed by atoms with Gasteiger partial charge < -0.3 is 15.1 Å². The lowest BCUT2D eigenvalue weighted by atomic mass is 10.2. The highest BCUT2D eigenvalue weighted by molar-refractivity contribution is 7.80. The number of para-hydroxylation sites is 2. The zero-order chi connectivity index (χ0) is 20.8. The first-order valence-electron chi connectivity index (χ1n) is 9.47. The van der Waals surface area contributed by atoms with Crippen molar-refractivity contribution in [1.82, 2.24) is 10.2 Å². The van der Waals surface area contributed by atoms with Crippen LogP contribution in [0.1, 0.15) is 23.7 Å². The second-order valence-corrected chi connectivity index (χ2v) is 7.06. The third kappa shape index (κ3) is 5.29.